The minimum atomic E-state index is -4.25. The molecule has 1 fully saturated rings. The van der Waals surface area contributed by atoms with E-state index in [-0.39, 0.29) is 21.5 Å². The summed E-state index contributed by atoms with van der Waals surface area (Å²) < 4.78 is 35.8. The molecular formula is C27H22BrClN2O5S. The topological polar surface area (TPSA) is 110 Å². The number of allylic oxidation sites excluding steroid dienone is 4. The van der Waals surface area contributed by atoms with Gasteiger partial charge in [-0.05, 0) is 42.2 Å². The summed E-state index contributed by atoms with van der Waals surface area (Å²) in [5, 5.41) is 23.2. The van der Waals surface area contributed by atoms with E-state index in [1.54, 1.807) is 36.4 Å². The Kier molecular flexibility index (Phi) is 5.85. The summed E-state index contributed by atoms with van der Waals surface area (Å²) in [6, 6.07) is 13.2. The van der Waals surface area contributed by atoms with Crippen LogP contribution in [-0.2, 0) is 21.0 Å². The van der Waals surface area contributed by atoms with Gasteiger partial charge < -0.3 is 14.9 Å². The summed E-state index contributed by atoms with van der Waals surface area (Å²) in [6.45, 7) is 0. The zero-order valence-corrected chi connectivity index (χ0v) is 22.4. The lowest BCUT2D eigenvalue weighted by molar-refractivity contribution is -0.161. The number of aliphatic hydroxyl groups is 2. The molecule has 37 heavy (non-hydrogen) atoms. The third-order valence-electron chi connectivity index (χ3n) is 7.62. The Balaban J connectivity index is 1.68. The largest absolute Gasteiger partial charge is 0.477 e. The summed E-state index contributed by atoms with van der Waals surface area (Å²) in [7, 11) is -4.25. The molecule has 0 bridgehead atoms. The molecule has 3 aromatic rings. The summed E-state index contributed by atoms with van der Waals surface area (Å²) in [5.74, 6) is -1.12. The van der Waals surface area contributed by atoms with Gasteiger partial charge in [-0.15, -0.1) is 0 Å². The van der Waals surface area contributed by atoms with Gasteiger partial charge in [0.05, 0.1) is 5.02 Å². The van der Waals surface area contributed by atoms with Gasteiger partial charge >= 0.3 is 0 Å². The lowest BCUT2D eigenvalue weighted by Crippen LogP contribution is -2.53. The van der Waals surface area contributed by atoms with E-state index in [1.807, 2.05) is 24.3 Å². The van der Waals surface area contributed by atoms with E-state index in [9.17, 15) is 18.6 Å². The minimum absolute atomic E-state index is 0.0476. The molecule has 0 radical (unpaired) electrons. The monoisotopic (exact) mass is 600 g/mol. The van der Waals surface area contributed by atoms with Gasteiger partial charge in [0.1, 0.15) is 22.8 Å². The molecule has 6 rings (SSSR count). The molecule has 7 nitrogen and oxygen atoms in total. The van der Waals surface area contributed by atoms with Gasteiger partial charge in [0.2, 0.25) is 9.84 Å². The molecule has 2 aromatic heterocycles. The SMILES string of the molecule is O=S(=O)(c1ccccn1)[C@H]1[C@@H](O)[C@@]2(O)c3ncc(Cl)cc3O[C@@]2(c2ccc(Br)cc2)[C@@H]1C1C=CC=CC1. The number of rotatable bonds is 4. The minimum Gasteiger partial charge on any atom is -0.477 e. The van der Waals surface area contributed by atoms with Gasteiger partial charge in [-0.1, -0.05) is 70.0 Å². The first-order valence-corrected chi connectivity index (χ1v) is 14.4. The van der Waals surface area contributed by atoms with Gasteiger partial charge in [0.25, 0.3) is 0 Å². The molecule has 1 aliphatic heterocycles. The highest BCUT2D eigenvalue weighted by Crippen LogP contribution is 2.67. The third kappa shape index (κ3) is 3.41. The number of hydrogen-bond donors (Lipinski definition) is 2. The standard InChI is InChI=1S/C27H22BrClN2O5S/c28-18-11-9-17(10-12-18)27-22(16-6-2-1-3-7-16)23(37(34,35)21-8-4-5-13-30-21)25(32)26(27,33)24-20(36-27)14-19(29)15-31-24/h1-6,8-16,22-23,25,32-33H,7H2/t16?,22-,23-,25-,26+,27+/m1/s1. The molecule has 0 amide bonds. The fraction of sp³-hybridized carbons (Fsp3) is 0.259. The maximum atomic E-state index is 14.2. The fourth-order valence-electron chi connectivity index (χ4n) is 6.16. The first-order valence-electron chi connectivity index (χ1n) is 11.7. The van der Waals surface area contributed by atoms with Gasteiger partial charge in [-0.2, -0.15) is 0 Å². The molecule has 1 saturated carbocycles. The van der Waals surface area contributed by atoms with Crippen molar-refractivity contribution in [3.05, 3.63) is 106 Å². The predicted octanol–water partition coefficient (Wildman–Crippen LogP) is 4.33. The first kappa shape index (κ1) is 24.8. The lowest BCUT2D eigenvalue weighted by Gasteiger charge is -2.42. The van der Waals surface area contributed by atoms with Gasteiger partial charge in [-0.3, -0.25) is 4.98 Å². The average Bonchev–Trinajstić information content (AvgIpc) is 3.28. The lowest BCUT2D eigenvalue weighted by atomic mass is 9.69. The molecule has 2 N–H and O–H groups in total. The van der Waals surface area contributed by atoms with Crippen molar-refractivity contribution >= 4 is 37.4 Å². The van der Waals surface area contributed by atoms with Crippen molar-refractivity contribution in [1.82, 2.24) is 9.97 Å². The van der Waals surface area contributed by atoms with Crippen LogP contribution in [0.1, 0.15) is 17.7 Å². The van der Waals surface area contributed by atoms with Crippen molar-refractivity contribution in [3.63, 3.8) is 0 Å². The molecule has 10 heteroatoms. The fourth-order valence-corrected chi connectivity index (χ4v) is 8.64. The normalized spacial score (nSPS) is 32.1. The molecule has 190 valence electrons. The van der Waals surface area contributed by atoms with E-state index < -0.39 is 44.2 Å². The number of sulfone groups is 1. The van der Waals surface area contributed by atoms with E-state index in [0.29, 0.717) is 12.0 Å². The highest BCUT2D eigenvalue weighted by molar-refractivity contribution is 9.10. The number of pyridine rings is 2. The maximum Gasteiger partial charge on any atom is 0.201 e. The summed E-state index contributed by atoms with van der Waals surface area (Å²) in [6.07, 6.45) is 9.01. The van der Waals surface area contributed by atoms with Crippen LogP contribution >= 0.6 is 27.5 Å². The van der Waals surface area contributed by atoms with E-state index in [4.69, 9.17) is 16.3 Å². The van der Waals surface area contributed by atoms with Crippen molar-refractivity contribution in [2.24, 2.45) is 11.8 Å². The van der Waals surface area contributed by atoms with E-state index >= 15 is 0 Å². The second-order valence-electron chi connectivity index (χ2n) is 9.47. The van der Waals surface area contributed by atoms with Crippen LogP contribution in [-0.4, -0.2) is 40.0 Å². The van der Waals surface area contributed by atoms with E-state index in [1.165, 1.54) is 24.5 Å². The van der Waals surface area contributed by atoms with Gasteiger partial charge in [0.15, 0.2) is 16.2 Å². The van der Waals surface area contributed by atoms with Crippen molar-refractivity contribution in [2.75, 3.05) is 0 Å². The average molecular weight is 602 g/mol. The summed E-state index contributed by atoms with van der Waals surface area (Å²) in [4.78, 5) is 8.46. The van der Waals surface area contributed by atoms with E-state index in [2.05, 4.69) is 25.9 Å². The van der Waals surface area contributed by atoms with Crippen LogP contribution in [0.25, 0.3) is 0 Å². The second kappa shape index (κ2) is 8.74. The van der Waals surface area contributed by atoms with Crippen molar-refractivity contribution in [1.29, 1.82) is 0 Å². The molecule has 0 saturated heterocycles. The quantitative estimate of drug-likeness (QED) is 0.458. The van der Waals surface area contributed by atoms with Crippen LogP contribution in [0.5, 0.6) is 5.75 Å². The smallest absolute Gasteiger partial charge is 0.201 e. The molecule has 0 spiro atoms. The Bertz CT molecular complexity index is 1530. The highest BCUT2D eigenvalue weighted by atomic mass is 79.9. The third-order valence-corrected chi connectivity index (χ3v) is 10.4. The second-order valence-corrected chi connectivity index (χ2v) is 12.9. The Labute approximate surface area is 227 Å². The number of fused-ring (bicyclic) bond motifs is 3. The molecule has 1 aromatic carbocycles. The maximum absolute atomic E-state index is 14.2. The number of nitrogens with zero attached hydrogens (tertiary/aromatic N) is 2. The highest BCUT2D eigenvalue weighted by Gasteiger charge is 2.79. The number of ether oxygens (including phenoxy) is 1. The van der Waals surface area contributed by atoms with Crippen LogP contribution in [0.2, 0.25) is 5.02 Å². The Morgan fingerprint density at radius 3 is 2.57 bits per heavy atom. The van der Waals surface area contributed by atoms with Crippen LogP contribution in [0.4, 0.5) is 0 Å². The van der Waals surface area contributed by atoms with Crippen molar-refractivity contribution in [2.45, 2.75) is 34.0 Å². The van der Waals surface area contributed by atoms with Crippen molar-refractivity contribution in [3.8, 4) is 5.75 Å². The molecule has 2 aliphatic carbocycles. The summed E-state index contributed by atoms with van der Waals surface area (Å²) in [5.41, 5.74) is -3.34. The van der Waals surface area contributed by atoms with Gasteiger partial charge in [0, 0.05) is 28.9 Å². The molecule has 6 atom stereocenters. The molecule has 1 unspecified atom stereocenters. The predicted molar refractivity (Wildman–Crippen MR) is 141 cm³/mol. The zero-order valence-electron chi connectivity index (χ0n) is 19.3. The number of halogens is 2. The molecule has 3 aliphatic rings. The molecular weight excluding hydrogens is 580 g/mol. The van der Waals surface area contributed by atoms with Crippen molar-refractivity contribution < 1.29 is 23.4 Å². The van der Waals surface area contributed by atoms with Crippen LogP contribution in [0, 0.1) is 11.8 Å². The first-order chi connectivity index (χ1) is 17.7. The van der Waals surface area contributed by atoms with Gasteiger partial charge in [-0.25, -0.2) is 13.4 Å². The Hall–Kier alpha value is -2.56. The Morgan fingerprint density at radius 2 is 1.89 bits per heavy atom. The Morgan fingerprint density at radius 1 is 1.11 bits per heavy atom. The number of aliphatic hydroxyl groups excluding tert-OH is 1. The number of benzene rings is 1. The van der Waals surface area contributed by atoms with Crippen LogP contribution < -0.4 is 4.74 Å². The van der Waals surface area contributed by atoms with Crippen LogP contribution in [0.15, 0.2) is 94.7 Å². The van der Waals surface area contributed by atoms with Crippen LogP contribution in [0.3, 0.4) is 0 Å². The molecule has 3 heterocycles. The zero-order chi connectivity index (χ0) is 26.0. The van der Waals surface area contributed by atoms with E-state index in [0.717, 1.165) is 4.47 Å². The number of hydrogen-bond acceptors (Lipinski definition) is 7. The summed E-state index contributed by atoms with van der Waals surface area (Å²) >= 11 is 9.67. The number of aromatic nitrogens is 2.